The molecule has 4 nitrogen and oxygen atoms in total. The number of aliphatic hydroxyl groups excluding tert-OH is 1. The Morgan fingerprint density at radius 2 is 2.26 bits per heavy atom. The Bertz CT molecular complexity index is 403. The Kier molecular flexibility index (Phi) is 5.78. The molecule has 19 heavy (non-hydrogen) atoms. The van der Waals surface area contributed by atoms with Crippen LogP contribution in [0.3, 0.4) is 0 Å². The topological polar surface area (TPSA) is 58.7 Å². The summed E-state index contributed by atoms with van der Waals surface area (Å²) in [7, 11) is 0. The first-order chi connectivity index (χ1) is 9.20. The van der Waals surface area contributed by atoms with Gasteiger partial charge in [0.2, 0.25) is 0 Å². The van der Waals surface area contributed by atoms with Crippen molar-refractivity contribution in [1.82, 2.24) is 4.90 Å². The molecule has 0 bridgehead atoms. The van der Waals surface area contributed by atoms with E-state index in [1.165, 1.54) is 0 Å². The van der Waals surface area contributed by atoms with Gasteiger partial charge in [0.25, 0.3) is 0 Å². The van der Waals surface area contributed by atoms with Gasteiger partial charge in [0, 0.05) is 30.1 Å². The van der Waals surface area contributed by atoms with E-state index in [-0.39, 0.29) is 18.8 Å². The molecule has 0 spiro atoms. The molecule has 1 aromatic carbocycles. The summed E-state index contributed by atoms with van der Waals surface area (Å²) in [6, 6.07) is 8.12. The lowest BCUT2D eigenvalue weighted by Gasteiger charge is -2.32. The molecule has 2 unspecified atom stereocenters. The van der Waals surface area contributed by atoms with E-state index in [9.17, 15) is 0 Å². The third-order valence-corrected chi connectivity index (χ3v) is 4.21. The van der Waals surface area contributed by atoms with E-state index in [2.05, 4.69) is 26.9 Å². The van der Waals surface area contributed by atoms with Crippen LogP contribution in [0, 0.1) is 0 Å². The average molecular weight is 329 g/mol. The minimum Gasteiger partial charge on any atom is -0.394 e. The molecule has 0 aliphatic carbocycles. The van der Waals surface area contributed by atoms with Crippen LogP contribution in [-0.4, -0.2) is 49.0 Å². The molecular formula is C14H21BrN2O2. The van der Waals surface area contributed by atoms with E-state index in [4.69, 9.17) is 15.6 Å². The van der Waals surface area contributed by atoms with Crippen LogP contribution in [0.4, 0.5) is 0 Å². The van der Waals surface area contributed by atoms with Crippen LogP contribution in [0.1, 0.15) is 18.0 Å². The lowest BCUT2D eigenvalue weighted by molar-refractivity contribution is -0.0531. The molecule has 0 saturated carbocycles. The molecule has 5 heteroatoms. The highest BCUT2D eigenvalue weighted by Crippen LogP contribution is 2.24. The van der Waals surface area contributed by atoms with Gasteiger partial charge < -0.3 is 15.6 Å². The summed E-state index contributed by atoms with van der Waals surface area (Å²) in [5.74, 6) is 0. The number of rotatable bonds is 5. The van der Waals surface area contributed by atoms with Crippen LogP contribution >= 0.6 is 15.9 Å². The van der Waals surface area contributed by atoms with Gasteiger partial charge in [-0.05, 0) is 18.1 Å². The Morgan fingerprint density at radius 1 is 1.47 bits per heavy atom. The van der Waals surface area contributed by atoms with Gasteiger partial charge in [-0.2, -0.15) is 0 Å². The minimum atomic E-state index is -0.0477. The smallest absolute Gasteiger partial charge is 0.0932 e. The van der Waals surface area contributed by atoms with E-state index in [0.29, 0.717) is 6.61 Å². The Labute approximate surface area is 122 Å². The summed E-state index contributed by atoms with van der Waals surface area (Å²) in [4.78, 5) is 2.31. The van der Waals surface area contributed by atoms with Gasteiger partial charge in [-0.3, -0.25) is 4.90 Å². The largest absolute Gasteiger partial charge is 0.394 e. The highest BCUT2D eigenvalue weighted by molar-refractivity contribution is 9.10. The van der Waals surface area contributed by atoms with E-state index >= 15 is 0 Å². The maximum absolute atomic E-state index is 9.12. The van der Waals surface area contributed by atoms with Gasteiger partial charge in [0.15, 0.2) is 0 Å². The van der Waals surface area contributed by atoms with Crippen molar-refractivity contribution in [2.45, 2.75) is 18.6 Å². The van der Waals surface area contributed by atoms with Crippen LogP contribution in [0.2, 0.25) is 0 Å². The quantitative estimate of drug-likeness (QED) is 0.860. The molecule has 0 aromatic heterocycles. The standard InChI is InChI=1S/C14H21BrN2O2/c15-13-4-2-1-3-12(13)14(16)5-6-17-7-8-19-11(9-17)10-18/h1-4,11,14,18H,5-10,16H2. The third kappa shape index (κ3) is 4.26. The van der Waals surface area contributed by atoms with Gasteiger partial charge in [-0.25, -0.2) is 0 Å². The fourth-order valence-corrected chi connectivity index (χ4v) is 2.93. The number of halogens is 1. The van der Waals surface area contributed by atoms with Gasteiger partial charge in [-0.1, -0.05) is 34.1 Å². The lowest BCUT2D eigenvalue weighted by atomic mass is 10.0. The first-order valence-corrected chi connectivity index (χ1v) is 7.45. The maximum Gasteiger partial charge on any atom is 0.0932 e. The summed E-state index contributed by atoms with van der Waals surface area (Å²) in [6.07, 6.45) is 0.856. The van der Waals surface area contributed by atoms with Crippen LogP contribution < -0.4 is 5.73 Å². The molecule has 106 valence electrons. The Hall–Kier alpha value is -0.460. The second kappa shape index (κ2) is 7.36. The SMILES string of the molecule is NC(CCN1CCOC(CO)C1)c1ccccc1Br. The summed E-state index contributed by atoms with van der Waals surface area (Å²) in [5.41, 5.74) is 7.39. The fourth-order valence-electron chi connectivity index (χ4n) is 2.35. The molecular weight excluding hydrogens is 308 g/mol. The molecule has 1 aliphatic rings. The first-order valence-electron chi connectivity index (χ1n) is 6.65. The fraction of sp³-hybridized carbons (Fsp3) is 0.571. The van der Waals surface area contributed by atoms with Crippen molar-refractivity contribution in [2.24, 2.45) is 5.73 Å². The normalized spacial score (nSPS) is 22.4. The van der Waals surface area contributed by atoms with Crippen LogP contribution in [0.15, 0.2) is 28.7 Å². The molecule has 1 fully saturated rings. The van der Waals surface area contributed by atoms with E-state index in [1.807, 2.05) is 18.2 Å². The molecule has 1 aliphatic heterocycles. The molecule has 1 saturated heterocycles. The Morgan fingerprint density at radius 3 is 3.00 bits per heavy atom. The van der Waals surface area contributed by atoms with Gasteiger partial charge in [-0.15, -0.1) is 0 Å². The molecule has 2 rings (SSSR count). The second-order valence-corrected chi connectivity index (χ2v) is 5.75. The molecule has 3 N–H and O–H groups in total. The van der Waals surface area contributed by atoms with E-state index < -0.39 is 0 Å². The zero-order valence-electron chi connectivity index (χ0n) is 11.0. The van der Waals surface area contributed by atoms with Crippen molar-refractivity contribution in [2.75, 3.05) is 32.8 Å². The number of nitrogens with zero attached hydrogens (tertiary/aromatic N) is 1. The summed E-state index contributed by atoms with van der Waals surface area (Å²) >= 11 is 3.54. The highest BCUT2D eigenvalue weighted by atomic mass is 79.9. The third-order valence-electron chi connectivity index (χ3n) is 3.49. The summed E-state index contributed by atoms with van der Waals surface area (Å²) in [5, 5.41) is 9.12. The summed E-state index contributed by atoms with van der Waals surface area (Å²) < 4.78 is 6.50. The van der Waals surface area contributed by atoms with Crippen LogP contribution in [0.5, 0.6) is 0 Å². The van der Waals surface area contributed by atoms with E-state index in [0.717, 1.165) is 36.1 Å². The van der Waals surface area contributed by atoms with E-state index in [1.54, 1.807) is 0 Å². The maximum atomic E-state index is 9.12. The number of hydrogen-bond acceptors (Lipinski definition) is 4. The van der Waals surface area contributed by atoms with Crippen LogP contribution in [0.25, 0.3) is 0 Å². The van der Waals surface area contributed by atoms with Crippen molar-refractivity contribution in [3.8, 4) is 0 Å². The van der Waals surface area contributed by atoms with Crippen molar-refractivity contribution in [3.63, 3.8) is 0 Å². The van der Waals surface area contributed by atoms with Gasteiger partial charge >= 0.3 is 0 Å². The number of aliphatic hydroxyl groups is 1. The monoisotopic (exact) mass is 328 g/mol. The minimum absolute atomic E-state index is 0.0333. The second-order valence-electron chi connectivity index (χ2n) is 4.89. The van der Waals surface area contributed by atoms with Crippen molar-refractivity contribution in [1.29, 1.82) is 0 Å². The van der Waals surface area contributed by atoms with Crippen molar-refractivity contribution < 1.29 is 9.84 Å². The van der Waals surface area contributed by atoms with Crippen LogP contribution in [-0.2, 0) is 4.74 Å². The highest BCUT2D eigenvalue weighted by Gasteiger charge is 2.20. The zero-order chi connectivity index (χ0) is 13.7. The molecule has 0 radical (unpaired) electrons. The summed E-state index contributed by atoms with van der Waals surface area (Å²) in [6.45, 7) is 3.42. The predicted molar refractivity (Wildman–Crippen MR) is 79.0 cm³/mol. The molecule has 1 heterocycles. The Balaban J connectivity index is 1.83. The average Bonchev–Trinajstić information content (AvgIpc) is 2.45. The zero-order valence-corrected chi connectivity index (χ0v) is 12.6. The number of benzene rings is 1. The lowest BCUT2D eigenvalue weighted by Crippen LogP contribution is -2.44. The first kappa shape index (κ1) is 14.9. The van der Waals surface area contributed by atoms with Crippen molar-refractivity contribution >= 4 is 15.9 Å². The molecule has 0 amide bonds. The predicted octanol–water partition coefficient (Wildman–Crippen LogP) is 1.53. The van der Waals surface area contributed by atoms with Crippen molar-refractivity contribution in [3.05, 3.63) is 34.3 Å². The molecule has 1 aromatic rings. The van der Waals surface area contributed by atoms with Gasteiger partial charge in [0.05, 0.1) is 19.3 Å². The number of ether oxygens (including phenoxy) is 1. The van der Waals surface area contributed by atoms with Gasteiger partial charge in [0.1, 0.15) is 0 Å². The number of hydrogen-bond donors (Lipinski definition) is 2. The number of nitrogens with two attached hydrogens (primary N) is 1. The molecule has 2 atom stereocenters. The number of morpholine rings is 1.